The molecule has 0 unspecified atom stereocenters. The van der Waals surface area contributed by atoms with E-state index in [1.165, 1.54) is 11.1 Å². The normalized spacial score (nSPS) is 9.40. The van der Waals surface area contributed by atoms with Crippen LogP contribution in [-0.2, 0) is 12.8 Å². The average Bonchev–Trinajstić information content (AvgIpc) is 2.43. The zero-order valence-corrected chi connectivity index (χ0v) is 13.5. The third-order valence-electron chi connectivity index (χ3n) is 2.95. The van der Waals surface area contributed by atoms with Crippen LogP contribution in [0.1, 0.15) is 11.1 Å². The van der Waals surface area contributed by atoms with Gasteiger partial charge >= 0.3 is 0 Å². The highest BCUT2D eigenvalue weighted by Crippen LogP contribution is 2.16. The molecule has 2 rings (SSSR count). The highest BCUT2D eigenvalue weighted by atomic mass is 79.9. The smallest absolute Gasteiger partial charge is 0.0382 e. The molecule has 0 spiro atoms. The summed E-state index contributed by atoms with van der Waals surface area (Å²) in [6, 6.07) is 16.6. The second kappa shape index (κ2) is 8.68. The number of terminal acetylenes is 1. The summed E-state index contributed by atoms with van der Waals surface area (Å²) in [5, 5.41) is 3.45. The fourth-order valence-electron chi connectivity index (χ4n) is 1.95. The number of hydrogen-bond donors (Lipinski definition) is 1. The number of rotatable bonds is 5. The van der Waals surface area contributed by atoms with Crippen molar-refractivity contribution in [3.8, 4) is 12.3 Å². The van der Waals surface area contributed by atoms with Crippen molar-refractivity contribution in [3.63, 3.8) is 0 Å². The van der Waals surface area contributed by atoms with E-state index in [4.69, 9.17) is 6.42 Å². The largest absolute Gasteiger partial charge is 0.384 e. The fraction of sp³-hybridized carbons (Fsp3) is 0.176. The van der Waals surface area contributed by atoms with Gasteiger partial charge in [0.2, 0.25) is 0 Å². The molecule has 104 valence electrons. The Morgan fingerprint density at radius 3 is 2.45 bits per heavy atom. The van der Waals surface area contributed by atoms with E-state index in [-0.39, 0.29) is 12.4 Å². The Bertz CT molecular complexity index is 572. The Labute approximate surface area is 135 Å². The van der Waals surface area contributed by atoms with Crippen LogP contribution in [0.5, 0.6) is 0 Å². The molecule has 0 heterocycles. The zero-order chi connectivity index (χ0) is 13.5. The van der Waals surface area contributed by atoms with Crippen LogP contribution in [0.15, 0.2) is 53.0 Å². The lowest BCUT2D eigenvalue weighted by atomic mass is 10.1. The van der Waals surface area contributed by atoms with Crippen molar-refractivity contribution >= 4 is 34.0 Å². The van der Waals surface area contributed by atoms with Crippen molar-refractivity contribution in [2.24, 2.45) is 0 Å². The first-order valence-electron chi connectivity index (χ1n) is 6.29. The zero-order valence-electron chi connectivity index (χ0n) is 11.1. The first kappa shape index (κ1) is 16.6. The predicted octanol–water partition coefficient (Wildman–Crippen LogP) is 4.70. The van der Waals surface area contributed by atoms with Crippen molar-refractivity contribution in [1.29, 1.82) is 0 Å². The number of anilines is 1. The van der Waals surface area contributed by atoms with Gasteiger partial charge in [-0.1, -0.05) is 46.3 Å². The summed E-state index contributed by atoms with van der Waals surface area (Å²) in [5.74, 6) is 2.69. The van der Waals surface area contributed by atoms with E-state index < -0.39 is 0 Å². The van der Waals surface area contributed by atoms with Crippen LogP contribution in [-0.4, -0.2) is 6.54 Å². The Balaban J connectivity index is 0.00000200. The second-order valence-electron chi connectivity index (χ2n) is 4.34. The Kier molecular flexibility index (Phi) is 7.22. The maximum absolute atomic E-state index is 5.38. The minimum atomic E-state index is 0. The van der Waals surface area contributed by atoms with Crippen molar-refractivity contribution in [2.45, 2.75) is 12.8 Å². The van der Waals surface area contributed by atoms with Crippen LogP contribution >= 0.6 is 28.3 Å². The first-order valence-corrected chi connectivity index (χ1v) is 7.08. The number of benzene rings is 2. The van der Waals surface area contributed by atoms with Gasteiger partial charge < -0.3 is 5.32 Å². The van der Waals surface area contributed by atoms with Crippen LogP contribution in [0.25, 0.3) is 0 Å². The van der Waals surface area contributed by atoms with Crippen molar-refractivity contribution in [1.82, 2.24) is 0 Å². The number of nitrogens with one attached hydrogen (secondary N) is 1. The molecule has 3 heteroatoms. The van der Waals surface area contributed by atoms with E-state index in [0.717, 1.165) is 23.1 Å². The molecule has 0 saturated heterocycles. The van der Waals surface area contributed by atoms with Gasteiger partial charge in [0.05, 0.1) is 0 Å². The van der Waals surface area contributed by atoms with Gasteiger partial charge in [0.25, 0.3) is 0 Å². The maximum atomic E-state index is 5.38. The monoisotopic (exact) mass is 349 g/mol. The van der Waals surface area contributed by atoms with E-state index >= 15 is 0 Å². The van der Waals surface area contributed by atoms with Crippen LogP contribution in [0.3, 0.4) is 0 Å². The Morgan fingerprint density at radius 2 is 1.75 bits per heavy atom. The minimum absolute atomic E-state index is 0. The van der Waals surface area contributed by atoms with E-state index in [0.29, 0.717) is 6.42 Å². The lowest BCUT2D eigenvalue weighted by molar-refractivity contribution is 1.01. The van der Waals surface area contributed by atoms with Gasteiger partial charge in [0, 0.05) is 23.1 Å². The molecule has 0 saturated carbocycles. The molecule has 0 atom stereocenters. The summed E-state index contributed by atoms with van der Waals surface area (Å²) in [6.45, 7) is 0.906. The van der Waals surface area contributed by atoms with Crippen LogP contribution in [0.4, 0.5) is 5.69 Å². The molecule has 0 amide bonds. The molecule has 1 nitrogen and oxygen atoms in total. The van der Waals surface area contributed by atoms with Gasteiger partial charge in [-0.2, -0.15) is 0 Å². The van der Waals surface area contributed by atoms with Gasteiger partial charge in [-0.15, -0.1) is 24.8 Å². The van der Waals surface area contributed by atoms with Gasteiger partial charge in [0.1, 0.15) is 0 Å². The molecular formula is C17H17BrClN. The second-order valence-corrected chi connectivity index (χ2v) is 5.26. The summed E-state index contributed by atoms with van der Waals surface area (Å²) >= 11 is 3.44. The minimum Gasteiger partial charge on any atom is -0.384 e. The molecule has 0 aromatic heterocycles. The van der Waals surface area contributed by atoms with Gasteiger partial charge in [-0.25, -0.2) is 0 Å². The van der Waals surface area contributed by atoms with Crippen molar-refractivity contribution in [3.05, 3.63) is 64.1 Å². The Hall–Kier alpha value is -1.43. The number of hydrogen-bond acceptors (Lipinski definition) is 1. The fourth-order valence-corrected chi connectivity index (χ4v) is 2.21. The summed E-state index contributed by atoms with van der Waals surface area (Å²) in [7, 11) is 0. The molecule has 0 aliphatic carbocycles. The summed E-state index contributed by atoms with van der Waals surface area (Å²) in [4.78, 5) is 0. The van der Waals surface area contributed by atoms with Crippen LogP contribution < -0.4 is 5.32 Å². The highest BCUT2D eigenvalue weighted by Gasteiger charge is 1.99. The van der Waals surface area contributed by atoms with Crippen LogP contribution in [0, 0.1) is 12.3 Å². The Morgan fingerprint density at radius 1 is 1.05 bits per heavy atom. The first-order chi connectivity index (χ1) is 9.29. The quantitative estimate of drug-likeness (QED) is 0.771. The maximum Gasteiger partial charge on any atom is 0.0382 e. The standard InChI is InChI=1S/C17H16BrN.ClH/c1-2-5-15-6-3-4-7-17(15)19-13-12-14-8-10-16(18)11-9-14;/h1,3-4,6-11,19H,5,12-13H2;1H. The predicted molar refractivity (Wildman–Crippen MR) is 92.6 cm³/mol. The van der Waals surface area contributed by atoms with E-state index in [9.17, 15) is 0 Å². The third-order valence-corrected chi connectivity index (χ3v) is 3.48. The van der Waals surface area contributed by atoms with Gasteiger partial charge in [-0.05, 0) is 35.7 Å². The lowest BCUT2D eigenvalue weighted by Crippen LogP contribution is -2.06. The van der Waals surface area contributed by atoms with Crippen molar-refractivity contribution in [2.75, 3.05) is 11.9 Å². The molecule has 2 aromatic carbocycles. The van der Waals surface area contributed by atoms with Crippen molar-refractivity contribution < 1.29 is 0 Å². The van der Waals surface area contributed by atoms with E-state index in [1.54, 1.807) is 0 Å². The molecule has 0 radical (unpaired) electrons. The highest BCUT2D eigenvalue weighted by molar-refractivity contribution is 9.10. The molecule has 0 aliphatic heterocycles. The van der Waals surface area contributed by atoms with Gasteiger partial charge in [-0.3, -0.25) is 0 Å². The molecule has 20 heavy (non-hydrogen) atoms. The summed E-state index contributed by atoms with van der Waals surface area (Å²) in [5.41, 5.74) is 3.64. The molecular weight excluding hydrogens is 334 g/mol. The molecule has 0 aliphatic rings. The van der Waals surface area contributed by atoms with E-state index in [1.807, 2.05) is 12.1 Å². The molecule has 0 bridgehead atoms. The number of para-hydroxylation sites is 1. The summed E-state index contributed by atoms with van der Waals surface area (Å²) < 4.78 is 1.11. The van der Waals surface area contributed by atoms with Gasteiger partial charge in [0.15, 0.2) is 0 Å². The average molecular weight is 351 g/mol. The lowest BCUT2D eigenvalue weighted by Gasteiger charge is -2.10. The SMILES string of the molecule is C#CCc1ccccc1NCCc1ccc(Br)cc1.Cl. The molecule has 0 fully saturated rings. The van der Waals surface area contributed by atoms with Crippen LogP contribution in [0.2, 0.25) is 0 Å². The topological polar surface area (TPSA) is 12.0 Å². The summed E-state index contributed by atoms with van der Waals surface area (Å²) in [6.07, 6.45) is 7.05. The van der Waals surface area contributed by atoms with E-state index in [2.05, 4.69) is 63.6 Å². The molecule has 2 aromatic rings. The third kappa shape index (κ3) is 4.92. The molecule has 1 N–H and O–H groups in total. The number of halogens is 2.